The van der Waals surface area contributed by atoms with Crippen molar-refractivity contribution in [3.05, 3.63) is 0 Å². The van der Waals surface area contributed by atoms with Gasteiger partial charge in [-0.2, -0.15) is 0 Å². The summed E-state index contributed by atoms with van der Waals surface area (Å²) >= 11 is 0. The van der Waals surface area contributed by atoms with Crippen LogP contribution in [0, 0.1) is 5.92 Å². The number of halogens is 1. The molecule has 0 aliphatic rings. The second-order valence-electron chi connectivity index (χ2n) is 7.28. The van der Waals surface area contributed by atoms with Crippen LogP contribution in [0.5, 0.6) is 0 Å². The molecule has 1 amide bonds. The van der Waals surface area contributed by atoms with E-state index in [1.54, 1.807) is 13.8 Å². The summed E-state index contributed by atoms with van der Waals surface area (Å²) in [5.74, 6) is 0.173. The Morgan fingerprint density at radius 3 is 1.83 bits per heavy atom. The fourth-order valence-electron chi connectivity index (χ4n) is 2.17. The molecule has 0 fully saturated rings. The van der Waals surface area contributed by atoms with Gasteiger partial charge in [0.1, 0.15) is 12.8 Å². The van der Waals surface area contributed by atoms with Gasteiger partial charge in [-0.25, -0.2) is 4.39 Å². The molecule has 0 aliphatic heterocycles. The highest BCUT2D eigenvalue weighted by Crippen LogP contribution is 2.04. The van der Waals surface area contributed by atoms with E-state index >= 15 is 0 Å². The van der Waals surface area contributed by atoms with Crippen LogP contribution in [0.15, 0.2) is 0 Å². The van der Waals surface area contributed by atoms with Crippen LogP contribution in [0.25, 0.3) is 0 Å². The standard InChI is InChI=1S/C21H40FNO7/c1-5-19(24)16-29-11-10-27-7-6-26-8-9-28-12-13-30-18(4)20(22)15-23-21(25)14-17(2)3/h17-18,20H,5-16H2,1-4H3,(H,23,25). The van der Waals surface area contributed by atoms with Crippen molar-refractivity contribution < 1.29 is 37.7 Å². The fraction of sp³-hybridized carbons (Fsp3) is 0.905. The molecular weight excluding hydrogens is 397 g/mol. The summed E-state index contributed by atoms with van der Waals surface area (Å²) in [6, 6.07) is 0. The molecule has 0 saturated carbocycles. The van der Waals surface area contributed by atoms with Crippen molar-refractivity contribution in [1.29, 1.82) is 0 Å². The van der Waals surface area contributed by atoms with Gasteiger partial charge < -0.3 is 29.0 Å². The number of rotatable bonds is 21. The molecule has 8 nitrogen and oxygen atoms in total. The van der Waals surface area contributed by atoms with E-state index in [0.717, 1.165) is 0 Å². The van der Waals surface area contributed by atoms with E-state index in [2.05, 4.69) is 5.32 Å². The minimum Gasteiger partial charge on any atom is -0.377 e. The monoisotopic (exact) mass is 437 g/mol. The lowest BCUT2D eigenvalue weighted by atomic mass is 10.1. The van der Waals surface area contributed by atoms with Gasteiger partial charge in [-0.1, -0.05) is 20.8 Å². The van der Waals surface area contributed by atoms with Gasteiger partial charge in [0.2, 0.25) is 5.91 Å². The third-order valence-electron chi connectivity index (χ3n) is 3.98. The first-order valence-corrected chi connectivity index (χ1v) is 10.7. The first-order valence-electron chi connectivity index (χ1n) is 10.7. The molecule has 0 bridgehead atoms. The maximum absolute atomic E-state index is 14.0. The topological polar surface area (TPSA) is 92.3 Å². The van der Waals surface area contributed by atoms with Crippen molar-refractivity contribution in [1.82, 2.24) is 5.32 Å². The van der Waals surface area contributed by atoms with Crippen LogP contribution < -0.4 is 5.32 Å². The highest BCUT2D eigenvalue weighted by Gasteiger charge is 2.18. The van der Waals surface area contributed by atoms with Gasteiger partial charge in [0, 0.05) is 12.8 Å². The zero-order chi connectivity index (χ0) is 22.6. The predicted octanol–water partition coefficient (Wildman–Crippen LogP) is 1.94. The Labute approximate surface area is 180 Å². The first-order chi connectivity index (χ1) is 14.4. The molecule has 1 N–H and O–H groups in total. The van der Waals surface area contributed by atoms with Crippen molar-refractivity contribution in [2.75, 3.05) is 66.0 Å². The van der Waals surface area contributed by atoms with Crippen molar-refractivity contribution in [2.24, 2.45) is 5.92 Å². The van der Waals surface area contributed by atoms with Crippen LogP contribution in [-0.2, 0) is 33.3 Å². The van der Waals surface area contributed by atoms with Gasteiger partial charge in [0.15, 0.2) is 5.78 Å². The number of amides is 1. The summed E-state index contributed by atoms with van der Waals surface area (Å²) in [4.78, 5) is 22.5. The molecule has 0 radical (unpaired) electrons. The average molecular weight is 438 g/mol. The molecule has 0 aromatic carbocycles. The number of Topliss-reactive ketones (excluding diaryl/α,β-unsaturated/α-hetero) is 1. The molecule has 2 unspecified atom stereocenters. The number of ether oxygens (including phenoxy) is 5. The maximum atomic E-state index is 14.0. The molecule has 0 aromatic rings. The molecular formula is C21H40FNO7. The summed E-state index contributed by atoms with van der Waals surface area (Å²) in [7, 11) is 0. The molecule has 30 heavy (non-hydrogen) atoms. The summed E-state index contributed by atoms with van der Waals surface area (Å²) in [5.41, 5.74) is 0. The van der Waals surface area contributed by atoms with Gasteiger partial charge in [-0.05, 0) is 12.8 Å². The van der Waals surface area contributed by atoms with Crippen molar-refractivity contribution in [2.45, 2.75) is 52.8 Å². The minimum absolute atomic E-state index is 0.0491. The zero-order valence-electron chi connectivity index (χ0n) is 19.0. The Bertz CT molecular complexity index is 438. The van der Waals surface area contributed by atoms with Crippen LogP contribution >= 0.6 is 0 Å². The molecule has 178 valence electrons. The van der Waals surface area contributed by atoms with Gasteiger partial charge >= 0.3 is 0 Å². The van der Waals surface area contributed by atoms with Crippen LogP contribution in [0.4, 0.5) is 4.39 Å². The number of ketones is 1. The van der Waals surface area contributed by atoms with E-state index in [0.29, 0.717) is 59.1 Å². The summed E-state index contributed by atoms with van der Waals surface area (Å²) in [6.45, 7) is 10.5. The van der Waals surface area contributed by atoms with Crippen molar-refractivity contribution >= 4 is 11.7 Å². The number of hydrogen-bond donors (Lipinski definition) is 1. The van der Waals surface area contributed by atoms with E-state index in [1.165, 1.54) is 0 Å². The lowest BCUT2D eigenvalue weighted by molar-refractivity contribution is -0.124. The lowest BCUT2D eigenvalue weighted by Crippen LogP contribution is -2.37. The molecule has 0 aromatic heterocycles. The molecule has 9 heteroatoms. The van der Waals surface area contributed by atoms with Crippen LogP contribution in [0.3, 0.4) is 0 Å². The predicted molar refractivity (Wildman–Crippen MR) is 111 cm³/mol. The quantitative estimate of drug-likeness (QED) is 0.274. The molecule has 0 rings (SSSR count). The van der Waals surface area contributed by atoms with E-state index < -0.39 is 12.3 Å². The van der Waals surface area contributed by atoms with E-state index in [9.17, 15) is 14.0 Å². The minimum atomic E-state index is -1.26. The number of hydrogen-bond acceptors (Lipinski definition) is 7. The lowest BCUT2D eigenvalue weighted by Gasteiger charge is -2.18. The van der Waals surface area contributed by atoms with E-state index in [1.807, 2.05) is 13.8 Å². The molecule has 0 spiro atoms. The number of nitrogens with one attached hydrogen (secondary N) is 1. The smallest absolute Gasteiger partial charge is 0.220 e. The highest BCUT2D eigenvalue weighted by molar-refractivity contribution is 5.79. The largest absolute Gasteiger partial charge is 0.377 e. The number of alkyl halides is 1. The van der Waals surface area contributed by atoms with E-state index in [-0.39, 0.29) is 37.4 Å². The Kier molecular flexibility index (Phi) is 19.1. The normalized spacial score (nSPS) is 13.4. The van der Waals surface area contributed by atoms with Gasteiger partial charge in [0.05, 0.1) is 65.5 Å². The van der Waals surface area contributed by atoms with Crippen molar-refractivity contribution in [3.63, 3.8) is 0 Å². The van der Waals surface area contributed by atoms with Gasteiger partial charge in [0.25, 0.3) is 0 Å². The molecule has 2 atom stereocenters. The summed E-state index contributed by atoms with van der Waals surface area (Å²) in [6.07, 6.45) is -1.01. The maximum Gasteiger partial charge on any atom is 0.220 e. The fourth-order valence-corrected chi connectivity index (χ4v) is 2.17. The average Bonchev–Trinajstić information content (AvgIpc) is 2.71. The van der Waals surface area contributed by atoms with Crippen molar-refractivity contribution in [3.8, 4) is 0 Å². The Balaban J connectivity index is 3.38. The van der Waals surface area contributed by atoms with Gasteiger partial charge in [-0.3, -0.25) is 9.59 Å². The van der Waals surface area contributed by atoms with Gasteiger partial charge in [-0.15, -0.1) is 0 Å². The molecule has 0 saturated heterocycles. The van der Waals surface area contributed by atoms with E-state index in [4.69, 9.17) is 23.7 Å². The number of carbonyl (C=O) groups is 2. The SMILES string of the molecule is CCC(=O)COCCOCCOCCOCCOC(C)C(F)CNC(=O)CC(C)C. The Morgan fingerprint density at radius 2 is 1.33 bits per heavy atom. The second kappa shape index (κ2) is 19.8. The second-order valence-corrected chi connectivity index (χ2v) is 7.28. The number of carbonyl (C=O) groups excluding carboxylic acids is 2. The first kappa shape index (κ1) is 28.9. The third kappa shape index (κ3) is 18.9. The van der Waals surface area contributed by atoms with Crippen LogP contribution in [0.2, 0.25) is 0 Å². The van der Waals surface area contributed by atoms with Crippen LogP contribution in [-0.4, -0.2) is 90.0 Å². The molecule has 0 aliphatic carbocycles. The Morgan fingerprint density at radius 1 is 0.833 bits per heavy atom. The third-order valence-corrected chi connectivity index (χ3v) is 3.98. The Hall–Kier alpha value is -1.13. The van der Waals surface area contributed by atoms with Crippen LogP contribution in [0.1, 0.15) is 40.5 Å². The zero-order valence-corrected chi connectivity index (χ0v) is 19.0. The highest BCUT2D eigenvalue weighted by atomic mass is 19.1. The summed E-state index contributed by atoms with van der Waals surface area (Å²) < 4.78 is 40.5. The summed E-state index contributed by atoms with van der Waals surface area (Å²) in [5, 5.41) is 2.58. The molecule has 0 heterocycles.